The van der Waals surface area contributed by atoms with Crippen LogP contribution in [0, 0.1) is 0 Å². The molecule has 0 saturated carbocycles. The van der Waals surface area contributed by atoms with Gasteiger partial charge in [-0.2, -0.15) is 26.3 Å². The van der Waals surface area contributed by atoms with Crippen LogP contribution in [-0.4, -0.2) is 76.0 Å². The minimum atomic E-state index is -5.08. The number of halogens is 6. The molecule has 1 unspecified atom stereocenters. The monoisotopic (exact) mass is 593 g/mol. The highest BCUT2D eigenvalue weighted by Gasteiger charge is 2.43. The van der Waals surface area contributed by atoms with Crippen molar-refractivity contribution >= 4 is 17.8 Å². The number of carbonyl (C=O) groups is 3. The van der Waals surface area contributed by atoms with E-state index in [4.69, 9.17) is 24.5 Å². The Balaban J connectivity index is 0.000000349. The zero-order valence-electron chi connectivity index (χ0n) is 21.8. The molecular formula is C26H29F6N3O6. The molecule has 9 nitrogen and oxygen atoms in total. The number of rotatable bonds is 4. The lowest BCUT2D eigenvalue weighted by molar-refractivity contribution is -0.193. The van der Waals surface area contributed by atoms with Crippen molar-refractivity contribution in [2.45, 2.75) is 56.1 Å². The number of piperidine rings is 1. The highest BCUT2D eigenvalue weighted by molar-refractivity contribution is 5.76. The van der Waals surface area contributed by atoms with Crippen molar-refractivity contribution in [3.63, 3.8) is 0 Å². The fourth-order valence-electron chi connectivity index (χ4n) is 4.40. The molecule has 2 aliphatic rings. The first-order chi connectivity index (χ1) is 19.1. The molecule has 226 valence electrons. The number of carbonyl (C=O) groups excluding carboxylic acids is 1. The number of carboxylic acids is 2. The standard InChI is InChI=1S/C22H27N3O2.2C2HF3O2/c1-23-21(26)14-17-15-22(27-20-8-3-2-7-19(17)20)9-12-25(13-10-22)16-18-6-4-5-11-24-18;2*3-2(4,5)1(6)7/h2-8,11,17H,9-10,12-16H2,1H3,(H,23,26);2*(H,6,7). The van der Waals surface area contributed by atoms with Gasteiger partial charge in [0.25, 0.3) is 0 Å². The van der Waals surface area contributed by atoms with Gasteiger partial charge in [0.15, 0.2) is 0 Å². The van der Waals surface area contributed by atoms with Crippen LogP contribution in [-0.2, 0) is 20.9 Å². The summed E-state index contributed by atoms with van der Waals surface area (Å²) in [4.78, 5) is 36.7. The number of aliphatic carboxylic acids is 2. The number of nitrogens with one attached hydrogen (secondary N) is 1. The Labute approximate surface area is 231 Å². The molecule has 1 fully saturated rings. The molecule has 4 rings (SSSR count). The molecule has 3 heterocycles. The molecule has 0 bridgehead atoms. The molecule has 2 aliphatic heterocycles. The summed E-state index contributed by atoms with van der Waals surface area (Å²) in [5.41, 5.74) is 2.12. The quantitative estimate of drug-likeness (QED) is 0.446. The minimum Gasteiger partial charge on any atom is -0.487 e. The van der Waals surface area contributed by atoms with E-state index in [9.17, 15) is 31.1 Å². The van der Waals surface area contributed by atoms with Crippen LogP contribution >= 0.6 is 0 Å². The number of alkyl halides is 6. The first-order valence-electron chi connectivity index (χ1n) is 12.3. The van der Waals surface area contributed by atoms with E-state index in [1.807, 2.05) is 36.5 Å². The molecule has 1 aromatic heterocycles. The Morgan fingerprint density at radius 3 is 2.00 bits per heavy atom. The maximum atomic E-state index is 12.0. The average molecular weight is 594 g/mol. The number of carboxylic acid groups (broad SMARTS) is 2. The number of hydrogen-bond acceptors (Lipinski definition) is 6. The summed E-state index contributed by atoms with van der Waals surface area (Å²) in [7, 11) is 1.71. The zero-order valence-corrected chi connectivity index (χ0v) is 21.8. The first kappa shape index (κ1) is 33.3. The maximum absolute atomic E-state index is 12.0. The van der Waals surface area contributed by atoms with E-state index in [-0.39, 0.29) is 17.4 Å². The third-order valence-electron chi connectivity index (χ3n) is 6.38. The van der Waals surface area contributed by atoms with Crippen LogP contribution in [0.15, 0.2) is 48.7 Å². The second-order valence-electron chi connectivity index (χ2n) is 9.30. The van der Waals surface area contributed by atoms with Crippen LogP contribution in [0.4, 0.5) is 26.3 Å². The summed E-state index contributed by atoms with van der Waals surface area (Å²) in [6, 6.07) is 14.3. The molecule has 41 heavy (non-hydrogen) atoms. The summed E-state index contributed by atoms with van der Waals surface area (Å²) in [6.07, 6.45) is -4.91. The number of ether oxygens (including phenoxy) is 1. The van der Waals surface area contributed by atoms with Gasteiger partial charge in [-0.25, -0.2) is 9.59 Å². The summed E-state index contributed by atoms with van der Waals surface area (Å²) in [5.74, 6) is -4.24. The van der Waals surface area contributed by atoms with Gasteiger partial charge < -0.3 is 20.3 Å². The van der Waals surface area contributed by atoms with Crippen molar-refractivity contribution in [2.24, 2.45) is 0 Å². The fraction of sp³-hybridized carbons (Fsp3) is 0.462. The smallest absolute Gasteiger partial charge is 0.487 e. The van der Waals surface area contributed by atoms with Crippen molar-refractivity contribution in [1.29, 1.82) is 0 Å². The second-order valence-corrected chi connectivity index (χ2v) is 9.30. The fourth-order valence-corrected chi connectivity index (χ4v) is 4.40. The Bertz CT molecular complexity index is 1140. The lowest BCUT2D eigenvalue weighted by Gasteiger charge is -2.47. The van der Waals surface area contributed by atoms with E-state index < -0.39 is 24.3 Å². The van der Waals surface area contributed by atoms with Crippen LogP contribution in [0.1, 0.15) is 42.9 Å². The number of pyridine rings is 1. The lowest BCUT2D eigenvalue weighted by atomic mass is 9.76. The topological polar surface area (TPSA) is 129 Å². The van der Waals surface area contributed by atoms with Crippen molar-refractivity contribution in [3.05, 3.63) is 59.9 Å². The van der Waals surface area contributed by atoms with E-state index in [0.29, 0.717) is 6.42 Å². The summed E-state index contributed by atoms with van der Waals surface area (Å²) in [6.45, 7) is 2.87. The second kappa shape index (κ2) is 14.1. The van der Waals surface area contributed by atoms with Gasteiger partial charge >= 0.3 is 24.3 Å². The number of para-hydroxylation sites is 1. The van der Waals surface area contributed by atoms with Crippen molar-refractivity contribution in [3.8, 4) is 5.75 Å². The summed E-state index contributed by atoms with van der Waals surface area (Å²) < 4.78 is 70.0. The van der Waals surface area contributed by atoms with Gasteiger partial charge in [0.2, 0.25) is 5.91 Å². The number of fused-ring (bicyclic) bond motifs is 1. The number of benzene rings is 1. The van der Waals surface area contributed by atoms with Gasteiger partial charge in [0, 0.05) is 45.2 Å². The van der Waals surface area contributed by atoms with E-state index in [2.05, 4.69) is 27.3 Å². The van der Waals surface area contributed by atoms with Crippen molar-refractivity contribution in [2.75, 3.05) is 20.1 Å². The van der Waals surface area contributed by atoms with Gasteiger partial charge in [-0.15, -0.1) is 0 Å². The third-order valence-corrected chi connectivity index (χ3v) is 6.38. The Morgan fingerprint density at radius 2 is 1.51 bits per heavy atom. The van der Waals surface area contributed by atoms with Crippen molar-refractivity contribution in [1.82, 2.24) is 15.2 Å². The summed E-state index contributed by atoms with van der Waals surface area (Å²) >= 11 is 0. The Morgan fingerprint density at radius 1 is 0.976 bits per heavy atom. The zero-order chi connectivity index (χ0) is 30.8. The average Bonchev–Trinajstić information content (AvgIpc) is 2.90. The van der Waals surface area contributed by atoms with E-state index in [0.717, 1.165) is 50.3 Å². The molecule has 0 radical (unpaired) electrons. The molecule has 15 heteroatoms. The third kappa shape index (κ3) is 10.6. The maximum Gasteiger partial charge on any atom is 0.490 e. The molecule has 3 N–H and O–H groups in total. The number of amides is 1. The number of nitrogens with zero attached hydrogens (tertiary/aromatic N) is 2. The first-order valence-corrected chi connectivity index (χ1v) is 12.3. The van der Waals surface area contributed by atoms with Crippen LogP contribution in [0.3, 0.4) is 0 Å². The molecule has 0 aliphatic carbocycles. The van der Waals surface area contributed by atoms with E-state index in [1.165, 1.54) is 5.56 Å². The van der Waals surface area contributed by atoms with Crippen LogP contribution in [0.2, 0.25) is 0 Å². The van der Waals surface area contributed by atoms with Gasteiger partial charge in [-0.05, 0) is 43.0 Å². The van der Waals surface area contributed by atoms with Crippen molar-refractivity contribution < 1.29 is 55.7 Å². The largest absolute Gasteiger partial charge is 0.490 e. The molecule has 1 atom stereocenters. The summed E-state index contributed by atoms with van der Waals surface area (Å²) in [5, 5.41) is 17.0. The van der Waals surface area contributed by atoms with Crippen LogP contribution < -0.4 is 10.1 Å². The Hall–Kier alpha value is -3.88. The molecule has 1 amide bonds. The molecule has 1 spiro atoms. The highest BCUT2D eigenvalue weighted by atomic mass is 19.4. The molecule has 1 aromatic carbocycles. The Kier molecular flexibility index (Phi) is 11.5. The number of hydrogen-bond donors (Lipinski definition) is 3. The normalized spacial score (nSPS) is 17.9. The SMILES string of the molecule is CNC(=O)CC1CC2(CCN(Cc3ccccn3)CC2)Oc2ccccc21.O=C(O)C(F)(F)F.O=C(O)C(F)(F)F. The molecule has 2 aromatic rings. The van der Waals surface area contributed by atoms with Gasteiger partial charge in [0.05, 0.1) is 5.69 Å². The van der Waals surface area contributed by atoms with Gasteiger partial charge in [0.1, 0.15) is 11.4 Å². The van der Waals surface area contributed by atoms with E-state index in [1.54, 1.807) is 7.05 Å². The van der Waals surface area contributed by atoms with Gasteiger partial charge in [-0.3, -0.25) is 14.7 Å². The predicted molar refractivity (Wildman–Crippen MR) is 132 cm³/mol. The highest BCUT2D eigenvalue weighted by Crippen LogP contribution is 2.46. The van der Waals surface area contributed by atoms with Crippen LogP contribution in [0.5, 0.6) is 5.75 Å². The number of aromatic nitrogens is 1. The van der Waals surface area contributed by atoms with Crippen LogP contribution in [0.25, 0.3) is 0 Å². The predicted octanol–water partition coefficient (Wildman–Crippen LogP) is 4.39. The minimum absolute atomic E-state index is 0.0967. The van der Waals surface area contributed by atoms with E-state index >= 15 is 0 Å². The molecule has 1 saturated heterocycles. The molecular weight excluding hydrogens is 564 g/mol. The number of likely N-dealkylation sites (tertiary alicyclic amines) is 1. The lowest BCUT2D eigenvalue weighted by Crippen LogP contribution is -2.50. The van der Waals surface area contributed by atoms with Gasteiger partial charge in [-0.1, -0.05) is 24.3 Å².